The van der Waals surface area contributed by atoms with E-state index in [0.29, 0.717) is 6.61 Å². The van der Waals surface area contributed by atoms with Crippen molar-refractivity contribution in [2.24, 2.45) is 5.41 Å². The van der Waals surface area contributed by atoms with E-state index in [0.717, 1.165) is 30.4 Å². The lowest BCUT2D eigenvalue weighted by Gasteiger charge is -2.36. The highest BCUT2D eigenvalue weighted by molar-refractivity contribution is 5.83. The van der Waals surface area contributed by atoms with Gasteiger partial charge in [-0.25, -0.2) is 4.79 Å². The van der Waals surface area contributed by atoms with E-state index in [2.05, 4.69) is 45.1 Å². The second-order valence-electron chi connectivity index (χ2n) is 7.14. The van der Waals surface area contributed by atoms with Crippen molar-refractivity contribution in [2.45, 2.75) is 53.9 Å². The molecule has 1 unspecified atom stereocenters. The normalized spacial score (nSPS) is 35.0. The van der Waals surface area contributed by atoms with Crippen molar-refractivity contribution >= 4 is 5.97 Å². The molecule has 0 N–H and O–H groups in total. The molecule has 1 heterocycles. The maximum absolute atomic E-state index is 12.1. The van der Waals surface area contributed by atoms with Crippen LogP contribution in [0.15, 0.2) is 58.2 Å². The zero-order valence-electron chi connectivity index (χ0n) is 15.0. The average molecular weight is 312 g/mol. The van der Waals surface area contributed by atoms with Crippen LogP contribution in [0.4, 0.5) is 0 Å². The fourth-order valence-corrected chi connectivity index (χ4v) is 3.24. The quantitative estimate of drug-likeness (QED) is 0.556. The van der Waals surface area contributed by atoms with Gasteiger partial charge in [0, 0.05) is 11.5 Å². The summed E-state index contributed by atoms with van der Waals surface area (Å²) in [6.07, 6.45) is 13.5. The van der Waals surface area contributed by atoms with Crippen molar-refractivity contribution in [3.05, 3.63) is 58.2 Å². The molecule has 2 aliphatic rings. The van der Waals surface area contributed by atoms with Gasteiger partial charge < -0.3 is 4.74 Å². The Hall–Kier alpha value is -1.83. The topological polar surface area (TPSA) is 26.3 Å². The van der Waals surface area contributed by atoms with Gasteiger partial charge in [-0.3, -0.25) is 0 Å². The van der Waals surface area contributed by atoms with Crippen LogP contribution < -0.4 is 0 Å². The number of esters is 1. The van der Waals surface area contributed by atoms with Gasteiger partial charge in [-0.1, -0.05) is 42.4 Å². The van der Waals surface area contributed by atoms with Crippen LogP contribution in [0.2, 0.25) is 0 Å². The molecule has 0 fully saturated rings. The highest BCUT2D eigenvalue weighted by Crippen LogP contribution is 2.41. The Bertz CT molecular complexity index is 641. The number of rotatable bonds is 0. The molecule has 0 radical (unpaired) electrons. The molecule has 0 spiro atoms. The molecule has 2 rings (SSSR count). The number of fused-ring (bicyclic) bond motifs is 1. The van der Waals surface area contributed by atoms with E-state index in [-0.39, 0.29) is 11.4 Å². The Morgan fingerprint density at radius 1 is 1.04 bits per heavy atom. The lowest BCUT2D eigenvalue weighted by atomic mass is 9.71. The number of hydrogen-bond donors (Lipinski definition) is 0. The summed E-state index contributed by atoms with van der Waals surface area (Å²) >= 11 is 0. The summed E-state index contributed by atoms with van der Waals surface area (Å²) in [6.45, 7) is 10.9. The average Bonchev–Trinajstić information content (AvgIpc) is 2.50. The van der Waals surface area contributed by atoms with Gasteiger partial charge in [-0.15, -0.1) is 0 Å². The van der Waals surface area contributed by atoms with Crippen LogP contribution in [0.1, 0.15) is 53.9 Å². The van der Waals surface area contributed by atoms with Crippen molar-refractivity contribution in [1.82, 2.24) is 0 Å². The summed E-state index contributed by atoms with van der Waals surface area (Å²) in [4.78, 5) is 12.1. The minimum absolute atomic E-state index is 0.0902. The summed E-state index contributed by atoms with van der Waals surface area (Å²) < 4.78 is 5.59. The van der Waals surface area contributed by atoms with E-state index in [1.165, 1.54) is 16.7 Å². The van der Waals surface area contributed by atoms with E-state index in [1.54, 1.807) is 6.08 Å². The first-order valence-corrected chi connectivity index (χ1v) is 8.41. The molecule has 0 aromatic carbocycles. The Labute approximate surface area is 140 Å². The summed E-state index contributed by atoms with van der Waals surface area (Å²) in [6, 6.07) is 0. The minimum Gasteiger partial charge on any atom is -0.462 e. The molecular weight excluding hydrogens is 284 g/mol. The molecule has 0 bridgehead atoms. The van der Waals surface area contributed by atoms with Gasteiger partial charge in [0.1, 0.15) is 6.61 Å². The molecule has 0 aromatic heterocycles. The number of hydrogen-bond acceptors (Lipinski definition) is 2. The zero-order chi connectivity index (χ0) is 17.0. The van der Waals surface area contributed by atoms with Crippen molar-refractivity contribution in [3.8, 4) is 0 Å². The number of carbonyl (C=O) groups excluding carboxylic acids is 1. The number of allylic oxidation sites excluding steroid dienone is 8. The predicted molar refractivity (Wildman–Crippen MR) is 96.0 cm³/mol. The van der Waals surface area contributed by atoms with Crippen molar-refractivity contribution in [1.29, 1.82) is 0 Å². The van der Waals surface area contributed by atoms with Crippen LogP contribution in [-0.2, 0) is 9.53 Å². The zero-order valence-corrected chi connectivity index (χ0v) is 15.0. The van der Waals surface area contributed by atoms with Crippen LogP contribution >= 0.6 is 0 Å². The molecule has 1 atom stereocenters. The molecule has 1 aliphatic carbocycles. The SMILES string of the molecule is CC1=C2/C=C/C(C)=C\C=C(C)/C(C)=C\C(=O)OCC2(C)CCC1. The van der Waals surface area contributed by atoms with Crippen molar-refractivity contribution in [3.63, 3.8) is 0 Å². The Morgan fingerprint density at radius 2 is 1.78 bits per heavy atom. The Morgan fingerprint density at radius 3 is 2.52 bits per heavy atom. The maximum Gasteiger partial charge on any atom is 0.331 e. The molecule has 0 aromatic rings. The molecule has 0 saturated carbocycles. The van der Waals surface area contributed by atoms with E-state index in [1.807, 2.05) is 13.8 Å². The fourth-order valence-electron chi connectivity index (χ4n) is 3.24. The lowest BCUT2D eigenvalue weighted by Crippen LogP contribution is -2.30. The van der Waals surface area contributed by atoms with Gasteiger partial charge in [-0.2, -0.15) is 0 Å². The first-order valence-electron chi connectivity index (χ1n) is 8.41. The molecular formula is C21H28O2. The minimum atomic E-state index is -0.247. The number of ether oxygens (including phenoxy) is 1. The lowest BCUT2D eigenvalue weighted by molar-refractivity contribution is -0.140. The van der Waals surface area contributed by atoms with Gasteiger partial charge in [0.25, 0.3) is 0 Å². The fraction of sp³-hybridized carbons (Fsp3) is 0.476. The van der Waals surface area contributed by atoms with Crippen molar-refractivity contribution in [2.75, 3.05) is 6.61 Å². The molecule has 1 aliphatic heterocycles. The standard InChI is InChI=1S/C21H28O2/c1-15-8-10-16(2)18(4)13-20(22)23-14-21(5)12-6-7-17(3)19(21)11-9-15/h8-11,13H,6-7,12,14H2,1-5H3/b11-9+,15-8-,16-10-,18-13-. The van der Waals surface area contributed by atoms with Crippen molar-refractivity contribution < 1.29 is 9.53 Å². The van der Waals surface area contributed by atoms with E-state index < -0.39 is 0 Å². The second-order valence-corrected chi connectivity index (χ2v) is 7.14. The Kier molecular flexibility index (Phi) is 5.46. The van der Waals surface area contributed by atoms with Crippen LogP contribution in [0.5, 0.6) is 0 Å². The predicted octanol–water partition coefficient (Wildman–Crippen LogP) is 5.45. The third-order valence-corrected chi connectivity index (χ3v) is 4.99. The highest BCUT2D eigenvalue weighted by atomic mass is 16.5. The molecule has 0 saturated heterocycles. The Balaban J connectivity index is 2.46. The maximum atomic E-state index is 12.1. The van der Waals surface area contributed by atoms with Crippen LogP contribution in [0.3, 0.4) is 0 Å². The van der Waals surface area contributed by atoms with Crippen LogP contribution in [0.25, 0.3) is 0 Å². The molecule has 2 nitrogen and oxygen atoms in total. The largest absolute Gasteiger partial charge is 0.462 e. The first kappa shape index (κ1) is 17.5. The van der Waals surface area contributed by atoms with Gasteiger partial charge in [0.2, 0.25) is 0 Å². The third-order valence-electron chi connectivity index (χ3n) is 4.99. The van der Waals surface area contributed by atoms with Gasteiger partial charge in [0.05, 0.1) is 0 Å². The van der Waals surface area contributed by atoms with Crippen LogP contribution in [-0.4, -0.2) is 12.6 Å². The van der Waals surface area contributed by atoms with Gasteiger partial charge >= 0.3 is 5.97 Å². The summed E-state index contributed by atoms with van der Waals surface area (Å²) in [5.41, 5.74) is 5.87. The molecule has 23 heavy (non-hydrogen) atoms. The molecule has 0 amide bonds. The summed E-state index contributed by atoms with van der Waals surface area (Å²) in [7, 11) is 0. The second kappa shape index (κ2) is 7.16. The number of carbonyl (C=O) groups is 1. The van der Waals surface area contributed by atoms with Crippen LogP contribution in [0, 0.1) is 5.41 Å². The van der Waals surface area contributed by atoms with E-state index in [9.17, 15) is 4.79 Å². The summed E-state index contributed by atoms with van der Waals surface area (Å²) in [5.74, 6) is -0.247. The van der Waals surface area contributed by atoms with E-state index in [4.69, 9.17) is 4.74 Å². The van der Waals surface area contributed by atoms with Gasteiger partial charge in [0.15, 0.2) is 0 Å². The first-order chi connectivity index (χ1) is 10.8. The smallest absolute Gasteiger partial charge is 0.331 e. The summed E-state index contributed by atoms with van der Waals surface area (Å²) in [5, 5.41) is 0. The van der Waals surface area contributed by atoms with Gasteiger partial charge in [-0.05, 0) is 63.7 Å². The number of cyclic esters (lactones) is 1. The van der Waals surface area contributed by atoms with E-state index >= 15 is 0 Å². The molecule has 124 valence electrons. The third kappa shape index (κ3) is 4.34. The molecule has 2 heteroatoms. The monoisotopic (exact) mass is 312 g/mol. The highest BCUT2D eigenvalue weighted by Gasteiger charge is 2.33.